The van der Waals surface area contributed by atoms with E-state index in [1.54, 1.807) is 36.4 Å². The lowest BCUT2D eigenvalue weighted by molar-refractivity contribution is -0.116. The van der Waals surface area contributed by atoms with Crippen LogP contribution in [-0.2, 0) is 9.59 Å². The molecule has 0 bridgehead atoms. The van der Waals surface area contributed by atoms with E-state index in [2.05, 4.69) is 29.8 Å². The molecule has 3 N–H and O–H groups in total. The second kappa shape index (κ2) is 15.5. The summed E-state index contributed by atoms with van der Waals surface area (Å²) in [7, 11) is 0. The van der Waals surface area contributed by atoms with Gasteiger partial charge in [-0.25, -0.2) is 0 Å². The average Bonchev–Trinajstić information content (AvgIpc) is 3.08. The molecule has 0 saturated carbocycles. The van der Waals surface area contributed by atoms with Crippen molar-refractivity contribution in [2.24, 2.45) is 0 Å². The highest BCUT2D eigenvalue weighted by atomic mass is 32.2. The summed E-state index contributed by atoms with van der Waals surface area (Å²) in [4.78, 5) is 41.0. The van der Waals surface area contributed by atoms with E-state index in [1.807, 2.05) is 109 Å². The highest BCUT2D eigenvalue weighted by Crippen LogP contribution is 2.37. The van der Waals surface area contributed by atoms with Gasteiger partial charge >= 0.3 is 0 Å². The lowest BCUT2D eigenvalue weighted by Gasteiger charge is -2.18. The van der Waals surface area contributed by atoms with E-state index in [-0.39, 0.29) is 11.6 Å². The number of anilines is 2. The van der Waals surface area contributed by atoms with Gasteiger partial charge in [0.2, 0.25) is 5.91 Å². The Morgan fingerprint density at radius 2 is 1.26 bits per heavy atom. The van der Waals surface area contributed by atoms with Gasteiger partial charge in [-0.15, -0.1) is 11.8 Å². The summed E-state index contributed by atoms with van der Waals surface area (Å²) in [6.07, 6.45) is 1.64. The Labute approximate surface area is 274 Å². The van der Waals surface area contributed by atoms with Gasteiger partial charge in [0.1, 0.15) is 10.9 Å². The van der Waals surface area contributed by atoms with Gasteiger partial charge in [-0.3, -0.25) is 14.4 Å². The summed E-state index contributed by atoms with van der Waals surface area (Å²) in [5.74, 6) is -0.620. The monoisotopic (exact) mass is 625 g/mol. The van der Waals surface area contributed by atoms with Crippen LogP contribution in [0.4, 0.5) is 11.4 Å². The van der Waals surface area contributed by atoms with Gasteiger partial charge in [0.05, 0.1) is 0 Å². The van der Waals surface area contributed by atoms with Crippen LogP contribution in [0, 0.1) is 0 Å². The van der Waals surface area contributed by atoms with Crippen LogP contribution in [0.5, 0.6) is 0 Å². The van der Waals surface area contributed by atoms with Crippen molar-refractivity contribution in [2.45, 2.75) is 29.9 Å². The summed E-state index contributed by atoms with van der Waals surface area (Å²) >= 11 is 1.39. The third-order valence-electron chi connectivity index (χ3n) is 7.17. The predicted octanol–water partition coefficient (Wildman–Crippen LogP) is 8.69. The molecule has 0 aliphatic carbocycles. The average molecular weight is 626 g/mol. The Hall–Kier alpha value is -5.40. The van der Waals surface area contributed by atoms with Crippen LogP contribution in [-0.4, -0.2) is 17.7 Å². The lowest BCUT2D eigenvalue weighted by Crippen LogP contribution is -2.30. The topological polar surface area (TPSA) is 87.3 Å². The van der Waals surface area contributed by atoms with Crippen LogP contribution >= 0.6 is 11.8 Å². The molecule has 0 radical (unpaired) electrons. The van der Waals surface area contributed by atoms with Gasteiger partial charge < -0.3 is 16.0 Å². The molecule has 0 saturated heterocycles. The molecule has 5 aromatic carbocycles. The zero-order chi connectivity index (χ0) is 32.3. The lowest BCUT2D eigenvalue weighted by atomic mass is 10.0. The van der Waals surface area contributed by atoms with E-state index in [1.165, 1.54) is 17.3 Å². The smallest absolute Gasteiger partial charge is 0.272 e. The number of amides is 3. The molecule has 46 heavy (non-hydrogen) atoms. The number of benzene rings is 5. The van der Waals surface area contributed by atoms with Crippen molar-refractivity contribution < 1.29 is 14.4 Å². The first-order chi connectivity index (χ1) is 22.4. The molecule has 6 nitrogen and oxygen atoms in total. The molecule has 7 heteroatoms. The zero-order valence-electron chi connectivity index (χ0n) is 25.6. The van der Waals surface area contributed by atoms with Gasteiger partial charge in [0.25, 0.3) is 11.8 Å². The summed E-state index contributed by atoms with van der Waals surface area (Å²) in [6.45, 7) is 4.26. The number of thioether (sulfide) groups is 1. The molecular weight excluding hydrogens is 591 g/mol. The molecule has 0 aromatic heterocycles. The molecule has 5 aromatic rings. The van der Waals surface area contributed by atoms with Crippen LogP contribution in [0.2, 0.25) is 0 Å². The summed E-state index contributed by atoms with van der Waals surface area (Å²) in [5, 5.41) is 8.21. The standard InChI is InChI=1S/C39H35N3O3S/c1-27(2)29-21-23-32(24-22-29)40-39(45)36(30-15-8-4-9-16-30)46-34-20-12-19-33(26-34)41-38(44)35(25-28-13-6-3-7-14-28)42-37(43)31-17-10-5-11-18-31/h3-27,36H,1-2H3,(H,40,45)(H,41,44)(H,42,43)/b35-25-. The maximum atomic E-state index is 13.6. The molecular formula is C39H35N3O3S. The van der Waals surface area contributed by atoms with E-state index in [9.17, 15) is 14.4 Å². The predicted molar refractivity (Wildman–Crippen MR) is 188 cm³/mol. The quantitative estimate of drug-likeness (QED) is 0.101. The Balaban J connectivity index is 1.35. The number of carbonyl (C=O) groups is 3. The van der Waals surface area contributed by atoms with E-state index in [4.69, 9.17) is 0 Å². The van der Waals surface area contributed by atoms with Gasteiger partial charge in [-0.05, 0) is 71.1 Å². The number of nitrogens with one attached hydrogen (secondary N) is 3. The van der Waals surface area contributed by atoms with Crippen LogP contribution in [0.1, 0.15) is 52.1 Å². The fourth-order valence-electron chi connectivity index (χ4n) is 4.70. The van der Waals surface area contributed by atoms with Crippen LogP contribution in [0.3, 0.4) is 0 Å². The molecule has 0 heterocycles. The van der Waals surface area contributed by atoms with Crippen LogP contribution in [0.15, 0.2) is 150 Å². The Kier molecular flexibility index (Phi) is 10.8. The Bertz CT molecular complexity index is 1810. The first kappa shape index (κ1) is 32.0. The third-order valence-corrected chi connectivity index (χ3v) is 8.42. The maximum absolute atomic E-state index is 13.6. The molecule has 0 aliphatic rings. The van der Waals surface area contributed by atoms with E-state index in [0.717, 1.165) is 21.7 Å². The molecule has 1 atom stereocenters. The van der Waals surface area contributed by atoms with Crippen molar-refractivity contribution in [3.63, 3.8) is 0 Å². The third kappa shape index (κ3) is 8.83. The van der Waals surface area contributed by atoms with Crippen molar-refractivity contribution in [1.82, 2.24) is 5.32 Å². The normalized spacial score (nSPS) is 11.8. The first-order valence-corrected chi connectivity index (χ1v) is 15.9. The van der Waals surface area contributed by atoms with Crippen molar-refractivity contribution in [3.05, 3.63) is 167 Å². The van der Waals surface area contributed by atoms with Crippen LogP contribution < -0.4 is 16.0 Å². The molecule has 230 valence electrons. The first-order valence-electron chi connectivity index (χ1n) is 15.0. The number of rotatable bonds is 11. The fraction of sp³-hybridized carbons (Fsp3) is 0.103. The number of hydrogen-bond acceptors (Lipinski definition) is 4. The van der Waals surface area contributed by atoms with E-state index < -0.39 is 17.1 Å². The van der Waals surface area contributed by atoms with Gasteiger partial charge in [-0.2, -0.15) is 0 Å². The SMILES string of the molecule is CC(C)c1ccc(NC(=O)C(Sc2cccc(NC(=O)/C(=C/c3ccccc3)NC(=O)c3ccccc3)c2)c2ccccc2)cc1. The second-order valence-corrected chi connectivity index (χ2v) is 12.1. The number of carbonyl (C=O) groups excluding carboxylic acids is 3. The molecule has 1 unspecified atom stereocenters. The molecule has 0 spiro atoms. The van der Waals surface area contributed by atoms with E-state index in [0.29, 0.717) is 17.2 Å². The Morgan fingerprint density at radius 3 is 1.91 bits per heavy atom. The zero-order valence-corrected chi connectivity index (χ0v) is 26.5. The summed E-state index contributed by atoms with van der Waals surface area (Å²) in [5.41, 5.74) is 4.62. The largest absolute Gasteiger partial charge is 0.325 e. The van der Waals surface area contributed by atoms with Crippen LogP contribution in [0.25, 0.3) is 6.08 Å². The highest BCUT2D eigenvalue weighted by Gasteiger charge is 2.23. The van der Waals surface area contributed by atoms with Crippen molar-refractivity contribution in [2.75, 3.05) is 10.6 Å². The van der Waals surface area contributed by atoms with Gasteiger partial charge in [0, 0.05) is 21.8 Å². The second-order valence-electron chi connectivity index (χ2n) is 10.9. The number of hydrogen-bond donors (Lipinski definition) is 3. The van der Waals surface area contributed by atoms with Crippen molar-refractivity contribution in [3.8, 4) is 0 Å². The minimum atomic E-state index is -0.546. The molecule has 5 rings (SSSR count). The molecule has 0 fully saturated rings. The van der Waals surface area contributed by atoms with Crippen molar-refractivity contribution in [1.29, 1.82) is 0 Å². The Morgan fingerprint density at radius 1 is 0.630 bits per heavy atom. The van der Waals surface area contributed by atoms with Crippen molar-refractivity contribution >= 4 is 46.9 Å². The summed E-state index contributed by atoms with van der Waals surface area (Å²) in [6, 6.07) is 42.9. The van der Waals surface area contributed by atoms with E-state index >= 15 is 0 Å². The van der Waals surface area contributed by atoms with Gasteiger partial charge in [-0.1, -0.05) is 111 Å². The minimum Gasteiger partial charge on any atom is -0.325 e. The molecule has 0 aliphatic heterocycles. The highest BCUT2D eigenvalue weighted by molar-refractivity contribution is 8.00. The fourth-order valence-corrected chi connectivity index (χ4v) is 5.78. The maximum Gasteiger partial charge on any atom is 0.272 e. The van der Waals surface area contributed by atoms with Gasteiger partial charge in [0.15, 0.2) is 0 Å². The summed E-state index contributed by atoms with van der Waals surface area (Å²) < 4.78 is 0. The molecule has 3 amide bonds. The minimum absolute atomic E-state index is 0.100.